The zero-order valence-electron chi connectivity index (χ0n) is 13.2. The number of nitrogens with zero attached hydrogens (tertiary/aromatic N) is 1. The molecule has 3 N–H and O–H groups in total. The number of hydrogen-bond acceptors (Lipinski definition) is 6. The molecule has 0 aliphatic heterocycles. The molecule has 23 heavy (non-hydrogen) atoms. The summed E-state index contributed by atoms with van der Waals surface area (Å²) in [4.78, 5) is 48.2. The van der Waals surface area contributed by atoms with Crippen molar-refractivity contribution >= 4 is 35.3 Å². The van der Waals surface area contributed by atoms with Crippen LogP contribution in [-0.2, 0) is 16.6 Å². The third-order valence-electron chi connectivity index (χ3n) is 2.67. The van der Waals surface area contributed by atoms with Crippen molar-refractivity contribution in [2.75, 3.05) is 24.6 Å². The van der Waals surface area contributed by atoms with Crippen LogP contribution >= 0.6 is 23.5 Å². The van der Waals surface area contributed by atoms with E-state index in [1.165, 1.54) is 41.9 Å². The fourth-order valence-electron chi connectivity index (χ4n) is 1.62. The first kappa shape index (κ1) is 19.4. The van der Waals surface area contributed by atoms with E-state index in [0.717, 1.165) is 0 Å². The molecule has 0 bridgehead atoms. The summed E-state index contributed by atoms with van der Waals surface area (Å²) in [6.07, 6.45) is 0. The monoisotopic (exact) mass is 360 g/mol. The number of nitrogens with one attached hydrogen (secondary N) is 3. The van der Waals surface area contributed by atoms with Crippen LogP contribution < -0.4 is 21.9 Å². The molecule has 1 heterocycles. The van der Waals surface area contributed by atoms with E-state index in [4.69, 9.17) is 0 Å². The first-order valence-electron chi connectivity index (χ1n) is 6.90. The maximum atomic E-state index is 12.0. The van der Waals surface area contributed by atoms with Gasteiger partial charge >= 0.3 is 5.69 Å². The second kappa shape index (κ2) is 9.46. The molecule has 0 radical (unpaired) electrons. The molecule has 0 aliphatic carbocycles. The van der Waals surface area contributed by atoms with Gasteiger partial charge < -0.3 is 10.6 Å². The van der Waals surface area contributed by atoms with Gasteiger partial charge in [-0.05, 0) is 0 Å². The first-order valence-corrected chi connectivity index (χ1v) is 8.87. The lowest BCUT2D eigenvalue weighted by molar-refractivity contribution is -0.119. The largest absolute Gasteiger partial charge is 0.356 e. The van der Waals surface area contributed by atoms with E-state index >= 15 is 0 Å². The fraction of sp³-hybridized carbons (Fsp3) is 0.538. The summed E-state index contributed by atoms with van der Waals surface area (Å²) in [5, 5.41) is 5.86. The molecule has 0 saturated carbocycles. The Hall–Kier alpha value is -1.68. The molecule has 128 valence electrons. The number of thioether (sulfide) groups is 2. The van der Waals surface area contributed by atoms with E-state index in [-0.39, 0.29) is 11.8 Å². The van der Waals surface area contributed by atoms with Gasteiger partial charge in [0, 0.05) is 45.5 Å². The van der Waals surface area contributed by atoms with Gasteiger partial charge in [-0.25, -0.2) is 4.79 Å². The zero-order valence-corrected chi connectivity index (χ0v) is 14.9. The highest BCUT2D eigenvalue weighted by atomic mass is 32.2. The highest BCUT2D eigenvalue weighted by Gasteiger charge is 2.14. The van der Waals surface area contributed by atoms with E-state index in [9.17, 15) is 19.2 Å². The van der Waals surface area contributed by atoms with Crippen LogP contribution in [-0.4, -0.2) is 46.0 Å². The van der Waals surface area contributed by atoms with E-state index in [1.54, 1.807) is 7.05 Å². The molecule has 0 fully saturated rings. The topological polar surface area (TPSA) is 113 Å². The molecule has 0 unspecified atom stereocenters. The summed E-state index contributed by atoms with van der Waals surface area (Å²) in [5.41, 5.74) is -0.925. The normalized spacial score (nSPS) is 10.4. The molecule has 2 amide bonds. The van der Waals surface area contributed by atoms with Crippen LogP contribution in [0.15, 0.2) is 19.5 Å². The van der Waals surface area contributed by atoms with Crippen LogP contribution in [0.25, 0.3) is 0 Å². The lowest BCUT2D eigenvalue weighted by atomic mass is 10.6. The SMILES string of the molecule is CC(=O)NCCSc1c(SCCNC(C)=O)n(C)c(=O)[nH]c1=O. The highest BCUT2D eigenvalue weighted by molar-refractivity contribution is 8.02. The summed E-state index contributed by atoms with van der Waals surface area (Å²) in [7, 11) is 1.58. The number of amides is 2. The van der Waals surface area contributed by atoms with Crippen LogP contribution in [0.3, 0.4) is 0 Å². The molecule has 1 rings (SSSR count). The van der Waals surface area contributed by atoms with E-state index in [1.807, 2.05) is 0 Å². The molecule has 0 aromatic carbocycles. The summed E-state index contributed by atoms with van der Waals surface area (Å²) in [5.74, 6) is 0.788. The van der Waals surface area contributed by atoms with Crippen molar-refractivity contribution in [3.8, 4) is 0 Å². The number of aromatic nitrogens is 2. The molecular formula is C13H20N4O4S2. The lowest BCUT2D eigenvalue weighted by Crippen LogP contribution is -2.31. The second-order valence-electron chi connectivity index (χ2n) is 4.62. The van der Waals surface area contributed by atoms with Crippen molar-refractivity contribution in [2.24, 2.45) is 7.05 Å². The number of H-pyrrole nitrogens is 1. The van der Waals surface area contributed by atoms with Crippen LogP contribution in [0.4, 0.5) is 0 Å². The Bertz CT molecular complexity index is 684. The Morgan fingerprint density at radius 2 is 1.57 bits per heavy atom. The number of hydrogen-bond donors (Lipinski definition) is 3. The van der Waals surface area contributed by atoms with Gasteiger partial charge in [0.2, 0.25) is 11.8 Å². The maximum absolute atomic E-state index is 12.0. The van der Waals surface area contributed by atoms with Gasteiger partial charge in [-0.15, -0.1) is 23.5 Å². The molecule has 0 spiro atoms. The summed E-state index contributed by atoms with van der Waals surface area (Å²) in [6, 6.07) is 0. The van der Waals surface area contributed by atoms with Crippen molar-refractivity contribution in [3.63, 3.8) is 0 Å². The van der Waals surface area contributed by atoms with Crippen LogP contribution in [0.5, 0.6) is 0 Å². The summed E-state index contributed by atoms with van der Waals surface area (Å²) in [6.45, 7) is 3.72. The second-order valence-corrected chi connectivity index (χ2v) is 6.80. The van der Waals surface area contributed by atoms with Gasteiger partial charge in [-0.3, -0.25) is 23.9 Å². The summed E-state index contributed by atoms with van der Waals surface area (Å²) >= 11 is 2.60. The van der Waals surface area contributed by atoms with Crippen molar-refractivity contribution in [2.45, 2.75) is 23.8 Å². The van der Waals surface area contributed by atoms with E-state index in [2.05, 4.69) is 15.6 Å². The highest BCUT2D eigenvalue weighted by Crippen LogP contribution is 2.25. The summed E-state index contributed by atoms with van der Waals surface area (Å²) < 4.78 is 1.38. The first-order chi connectivity index (χ1) is 10.8. The Labute approximate surface area is 141 Å². The van der Waals surface area contributed by atoms with Crippen molar-refractivity contribution in [1.82, 2.24) is 20.2 Å². The molecule has 0 saturated heterocycles. The zero-order chi connectivity index (χ0) is 17.4. The average Bonchev–Trinajstić information content (AvgIpc) is 2.46. The lowest BCUT2D eigenvalue weighted by Gasteiger charge is -2.12. The van der Waals surface area contributed by atoms with Crippen LogP contribution in [0.1, 0.15) is 13.8 Å². The molecule has 0 aliphatic rings. The molecule has 10 heteroatoms. The Balaban J connectivity index is 2.83. The van der Waals surface area contributed by atoms with Gasteiger partial charge in [0.1, 0.15) is 4.90 Å². The standard InChI is InChI=1S/C13H20N4O4S2/c1-8(18)14-4-6-22-10-11(20)16-13(21)17(3)12(10)23-7-5-15-9(2)19/h4-7H2,1-3H3,(H,14,18)(H,15,19)(H,16,20,21). The number of carbonyl (C=O) groups excluding carboxylic acids is 2. The molecular weight excluding hydrogens is 340 g/mol. The van der Waals surface area contributed by atoms with E-state index < -0.39 is 11.2 Å². The smallest absolute Gasteiger partial charge is 0.328 e. The molecule has 1 aromatic rings. The predicted molar refractivity (Wildman–Crippen MR) is 91.1 cm³/mol. The van der Waals surface area contributed by atoms with Gasteiger partial charge in [0.05, 0.1) is 5.03 Å². The van der Waals surface area contributed by atoms with Crippen molar-refractivity contribution in [3.05, 3.63) is 20.8 Å². The van der Waals surface area contributed by atoms with Gasteiger partial charge in [-0.2, -0.15) is 0 Å². The number of carbonyl (C=O) groups is 2. The van der Waals surface area contributed by atoms with Crippen LogP contribution in [0.2, 0.25) is 0 Å². The molecule has 0 atom stereocenters. The van der Waals surface area contributed by atoms with E-state index in [0.29, 0.717) is 34.5 Å². The Morgan fingerprint density at radius 3 is 2.09 bits per heavy atom. The minimum Gasteiger partial charge on any atom is -0.356 e. The van der Waals surface area contributed by atoms with Crippen molar-refractivity contribution < 1.29 is 9.59 Å². The third-order valence-corrected chi connectivity index (χ3v) is 5.03. The van der Waals surface area contributed by atoms with Gasteiger partial charge in [0.15, 0.2) is 0 Å². The Kier molecular flexibility index (Phi) is 7.96. The predicted octanol–water partition coefficient (Wildman–Crippen LogP) is -0.470. The van der Waals surface area contributed by atoms with Crippen molar-refractivity contribution in [1.29, 1.82) is 0 Å². The Morgan fingerprint density at radius 1 is 1.04 bits per heavy atom. The number of rotatable bonds is 8. The third kappa shape index (κ3) is 6.53. The van der Waals surface area contributed by atoms with Gasteiger partial charge in [0.25, 0.3) is 5.56 Å². The van der Waals surface area contributed by atoms with Crippen LogP contribution in [0, 0.1) is 0 Å². The minimum absolute atomic E-state index is 0.129. The molecule has 1 aromatic heterocycles. The van der Waals surface area contributed by atoms with Gasteiger partial charge in [-0.1, -0.05) is 0 Å². The minimum atomic E-state index is -0.483. The maximum Gasteiger partial charge on any atom is 0.328 e. The molecule has 8 nitrogen and oxygen atoms in total. The number of aromatic amines is 1. The fourth-order valence-corrected chi connectivity index (χ4v) is 3.73. The quantitative estimate of drug-likeness (QED) is 0.328. The average molecular weight is 360 g/mol.